The van der Waals surface area contributed by atoms with Crippen molar-refractivity contribution in [2.24, 2.45) is 0 Å². The van der Waals surface area contributed by atoms with Crippen LogP contribution in [0.5, 0.6) is 11.8 Å². The van der Waals surface area contributed by atoms with E-state index in [0.717, 1.165) is 22.6 Å². The van der Waals surface area contributed by atoms with Crippen molar-refractivity contribution in [2.75, 3.05) is 0 Å². The first-order valence-electron chi connectivity index (χ1n) is 7.54. The number of aromatic nitrogens is 4. The molecule has 4 aromatic rings. The molecule has 0 spiro atoms. The van der Waals surface area contributed by atoms with E-state index < -0.39 is 0 Å². The highest BCUT2D eigenvalue weighted by molar-refractivity contribution is 5.63. The molecule has 4 rings (SSSR count). The van der Waals surface area contributed by atoms with Crippen LogP contribution in [0.3, 0.4) is 0 Å². The number of rotatable bonds is 4. The van der Waals surface area contributed by atoms with E-state index in [1.165, 1.54) is 0 Å². The molecule has 1 N–H and O–H groups in total. The van der Waals surface area contributed by atoms with Crippen LogP contribution in [-0.4, -0.2) is 19.9 Å². The molecule has 24 heavy (non-hydrogen) atoms. The van der Waals surface area contributed by atoms with E-state index in [2.05, 4.69) is 19.9 Å². The standard InChI is InChI=1S/C19H14N4O/c1-3-7-14(8-4-1)18-20-13-17(23-18)15-11-21-19(22-12-15)24-16-9-5-2-6-10-16/h1-13H,(H,20,23). The Morgan fingerprint density at radius 3 is 2.04 bits per heavy atom. The van der Waals surface area contributed by atoms with Crippen molar-refractivity contribution < 1.29 is 4.74 Å². The lowest BCUT2D eigenvalue weighted by molar-refractivity contribution is 0.442. The SMILES string of the molecule is c1ccc(Oc2ncc(-c3cnc(-c4ccccc4)[nH]3)cn2)cc1. The van der Waals surface area contributed by atoms with Crippen molar-refractivity contribution in [1.82, 2.24) is 19.9 Å². The number of ether oxygens (including phenoxy) is 1. The Morgan fingerprint density at radius 2 is 1.33 bits per heavy atom. The molecule has 0 aliphatic heterocycles. The van der Waals surface area contributed by atoms with Gasteiger partial charge in [0.25, 0.3) is 0 Å². The average molecular weight is 314 g/mol. The van der Waals surface area contributed by atoms with Gasteiger partial charge in [-0.25, -0.2) is 15.0 Å². The summed E-state index contributed by atoms with van der Waals surface area (Å²) in [6.07, 6.45) is 5.21. The first kappa shape index (κ1) is 14.1. The van der Waals surface area contributed by atoms with E-state index in [0.29, 0.717) is 11.8 Å². The first-order valence-corrected chi connectivity index (χ1v) is 7.54. The van der Waals surface area contributed by atoms with E-state index in [-0.39, 0.29) is 0 Å². The molecule has 2 aromatic carbocycles. The molecule has 0 saturated carbocycles. The molecule has 0 unspecified atom stereocenters. The number of imidazole rings is 1. The predicted octanol–water partition coefficient (Wildman–Crippen LogP) is 4.33. The Hall–Kier alpha value is -3.47. The average Bonchev–Trinajstić information content (AvgIpc) is 3.14. The highest BCUT2D eigenvalue weighted by Crippen LogP contribution is 2.22. The zero-order chi connectivity index (χ0) is 16.2. The van der Waals surface area contributed by atoms with Crippen LogP contribution in [0.1, 0.15) is 0 Å². The molecule has 0 saturated heterocycles. The summed E-state index contributed by atoms with van der Waals surface area (Å²) in [5.41, 5.74) is 2.75. The van der Waals surface area contributed by atoms with Gasteiger partial charge in [-0.3, -0.25) is 0 Å². The number of H-pyrrole nitrogens is 1. The Labute approximate surface area is 139 Å². The van der Waals surface area contributed by atoms with Crippen LogP contribution in [-0.2, 0) is 0 Å². The summed E-state index contributed by atoms with van der Waals surface area (Å²) in [4.78, 5) is 16.2. The molecule has 0 amide bonds. The fourth-order valence-corrected chi connectivity index (χ4v) is 2.31. The highest BCUT2D eigenvalue weighted by Gasteiger charge is 2.07. The zero-order valence-corrected chi connectivity index (χ0v) is 12.8. The second kappa shape index (κ2) is 6.34. The Balaban J connectivity index is 1.54. The maximum Gasteiger partial charge on any atom is 0.321 e. The lowest BCUT2D eigenvalue weighted by atomic mass is 10.2. The normalized spacial score (nSPS) is 10.5. The van der Waals surface area contributed by atoms with Crippen molar-refractivity contribution in [1.29, 1.82) is 0 Å². The predicted molar refractivity (Wildman–Crippen MR) is 91.6 cm³/mol. The summed E-state index contributed by atoms with van der Waals surface area (Å²) in [5.74, 6) is 1.52. The molecule has 116 valence electrons. The van der Waals surface area contributed by atoms with Gasteiger partial charge in [-0.2, -0.15) is 0 Å². The first-order chi connectivity index (χ1) is 11.9. The summed E-state index contributed by atoms with van der Waals surface area (Å²) >= 11 is 0. The number of nitrogens with zero attached hydrogens (tertiary/aromatic N) is 3. The van der Waals surface area contributed by atoms with Gasteiger partial charge in [-0.1, -0.05) is 48.5 Å². The third-order valence-corrected chi connectivity index (χ3v) is 3.51. The fourth-order valence-electron chi connectivity index (χ4n) is 2.31. The molecular weight excluding hydrogens is 300 g/mol. The number of nitrogens with one attached hydrogen (secondary N) is 1. The molecule has 0 aliphatic carbocycles. The molecule has 0 radical (unpaired) electrons. The van der Waals surface area contributed by atoms with Gasteiger partial charge in [0.05, 0.1) is 11.9 Å². The Morgan fingerprint density at radius 1 is 0.667 bits per heavy atom. The third-order valence-electron chi connectivity index (χ3n) is 3.51. The summed E-state index contributed by atoms with van der Waals surface area (Å²) in [6, 6.07) is 19.7. The van der Waals surface area contributed by atoms with E-state index >= 15 is 0 Å². The maximum absolute atomic E-state index is 5.60. The summed E-state index contributed by atoms with van der Waals surface area (Å²) in [7, 11) is 0. The van der Waals surface area contributed by atoms with Gasteiger partial charge >= 0.3 is 6.01 Å². The maximum atomic E-state index is 5.60. The smallest absolute Gasteiger partial charge is 0.321 e. The van der Waals surface area contributed by atoms with Crippen LogP contribution >= 0.6 is 0 Å². The minimum atomic E-state index is 0.313. The molecule has 0 aliphatic rings. The van der Waals surface area contributed by atoms with Crippen LogP contribution in [0.15, 0.2) is 79.3 Å². The molecule has 5 nitrogen and oxygen atoms in total. The number of hydrogen-bond acceptors (Lipinski definition) is 4. The van der Waals surface area contributed by atoms with Crippen molar-refractivity contribution in [2.45, 2.75) is 0 Å². The van der Waals surface area contributed by atoms with E-state index in [1.807, 2.05) is 60.7 Å². The number of aromatic amines is 1. The second-order valence-electron chi connectivity index (χ2n) is 5.18. The van der Waals surface area contributed by atoms with Gasteiger partial charge in [0.1, 0.15) is 11.6 Å². The number of para-hydroxylation sites is 1. The van der Waals surface area contributed by atoms with E-state index in [4.69, 9.17) is 4.74 Å². The number of hydrogen-bond donors (Lipinski definition) is 1. The van der Waals surface area contributed by atoms with Crippen LogP contribution in [0.2, 0.25) is 0 Å². The van der Waals surface area contributed by atoms with Crippen molar-refractivity contribution >= 4 is 0 Å². The topological polar surface area (TPSA) is 63.7 Å². The third kappa shape index (κ3) is 3.01. The largest absolute Gasteiger partial charge is 0.424 e. The van der Waals surface area contributed by atoms with Gasteiger partial charge in [0.15, 0.2) is 0 Å². The van der Waals surface area contributed by atoms with Crippen molar-refractivity contribution in [3.8, 4) is 34.4 Å². The Bertz CT molecular complexity index is 919. The summed E-state index contributed by atoms with van der Waals surface area (Å²) in [6.45, 7) is 0. The molecule has 2 aromatic heterocycles. The van der Waals surface area contributed by atoms with Gasteiger partial charge in [-0.05, 0) is 12.1 Å². The van der Waals surface area contributed by atoms with Crippen LogP contribution < -0.4 is 4.74 Å². The van der Waals surface area contributed by atoms with E-state index in [1.54, 1.807) is 18.6 Å². The van der Waals surface area contributed by atoms with Gasteiger partial charge in [0, 0.05) is 23.5 Å². The van der Waals surface area contributed by atoms with Crippen LogP contribution in [0, 0.1) is 0 Å². The second-order valence-corrected chi connectivity index (χ2v) is 5.18. The van der Waals surface area contributed by atoms with E-state index in [9.17, 15) is 0 Å². The molecular formula is C19H14N4O. The summed E-state index contributed by atoms with van der Waals surface area (Å²) in [5, 5.41) is 0. The van der Waals surface area contributed by atoms with Gasteiger partial charge in [-0.15, -0.1) is 0 Å². The quantitative estimate of drug-likeness (QED) is 0.609. The molecule has 0 bridgehead atoms. The molecule has 0 atom stereocenters. The van der Waals surface area contributed by atoms with Crippen molar-refractivity contribution in [3.05, 3.63) is 79.3 Å². The Kier molecular flexibility index (Phi) is 3.73. The molecule has 0 fully saturated rings. The summed E-state index contributed by atoms with van der Waals surface area (Å²) < 4.78 is 5.60. The highest BCUT2D eigenvalue weighted by atomic mass is 16.5. The lowest BCUT2D eigenvalue weighted by Gasteiger charge is -2.03. The minimum Gasteiger partial charge on any atom is -0.424 e. The van der Waals surface area contributed by atoms with Gasteiger partial charge < -0.3 is 9.72 Å². The lowest BCUT2D eigenvalue weighted by Crippen LogP contribution is -1.92. The molecule has 5 heteroatoms. The van der Waals surface area contributed by atoms with Crippen LogP contribution in [0.4, 0.5) is 0 Å². The monoisotopic (exact) mass is 314 g/mol. The van der Waals surface area contributed by atoms with Gasteiger partial charge in [0.2, 0.25) is 0 Å². The van der Waals surface area contributed by atoms with Crippen molar-refractivity contribution in [3.63, 3.8) is 0 Å². The minimum absolute atomic E-state index is 0.313. The number of benzene rings is 2. The fraction of sp³-hybridized carbons (Fsp3) is 0. The zero-order valence-electron chi connectivity index (χ0n) is 12.8. The molecule has 2 heterocycles. The van der Waals surface area contributed by atoms with Crippen LogP contribution in [0.25, 0.3) is 22.6 Å².